The third-order valence-electron chi connectivity index (χ3n) is 3.61. The first-order valence-electron chi connectivity index (χ1n) is 7.34. The van der Waals surface area contributed by atoms with Gasteiger partial charge in [-0.1, -0.05) is 24.3 Å². The molecule has 25 heavy (non-hydrogen) atoms. The van der Waals surface area contributed by atoms with Gasteiger partial charge in [0.25, 0.3) is 0 Å². The highest BCUT2D eigenvalue weighted by Crippen LogP contribution is 2.37. The lowest BCUT2D eigenvalue weighted by molar-refractivity contribution is -0.138. The van der Waals surface area contributed by atoms with Crippen LogP contribution in [0.3, 0.4) is 0 Å². The molecule has 2 heterocycles. The van der Waals surface area contributed by atoms with Crippen molar-refractivity contribution >= 4 is 22.7 Å². The lowest BCUT2D eigenvalue weighted by atomic mass is 10.1. The van der Waals surface area contributed by atoms with Crippen molar-refractivity contribution in [2.45, 2.75) is 23.9 Å². The average Bonchev–Trinajstić information content (AvgIpc) is 2.58. The Labute approximate surface area is 146 Å². The normalized spacial score (nSPS) is 11.5. The van der Waals surface area contributed by atoms with E-state index in [4.69, 9.17) is 0 Å². The van der Waals surface area contributed by atoms with Gasteiger partial charge in [-0.15, -0.1) is 11.8 Å². The number of para-hydroxylation sites is 1. The Hall–Kier alpha value is -2.59. The fourth-order valence-corrected chi connectivity index (χ4v) is 3.54. The van der Waals surface area contributed by atoms with Crippen molar-refractivity contribution in [3.05, 3.63) is 65.0 Å². The van der Waals surface area contributed by atoms with Gasteiger partial charge in [-0.3, -0.25) is 4.98 Å². The largest absolute Gasteiger partial charge is 0.417 e. The number of fused-ring (bicyclic) bond motifs is 1. The molecule has 0 saturated carbocycles. The Kier molecular flexibility index (Phi) is 4.64. The molecule has 0 atom stereocenters. The molecule has 3 aromatic rings. The number of alkyl halides is 3. The maximum absolute atomic E-state index is 13.2. The molecule has 0 spiro atoms. The van der Waals surface area contributed by atoms with Gasteiger partial charge in [0.05, 0.1) is 16.6 Å². The van der Waals surface area contributed by atoms with E-state index in [0.717, 1.165) is 34.3 Å². The van der Waals surface area contributed by atoms with Crippen molar-refractivity contribution in [1.82, 2.24) is 9.97 Å². The summed E-state index contributed by atoms with van der Waals surface area (Å²) in [6.07, 6.45) is -2.92. The summed E-state index contributed by atoms with van der Waals surface area (Å²) < 4.78 is 39.5. The molecule has 0 bridgehead atoms. The SMILES string of the molecule is Cc1cc(C(F)(F)F)c(C#N)c(SCc2cccc3cccnc23)n1. The molecule has 0 fully saturated rings. The van der Waals surface area contributed by atoms with E-state index < -0.39 is 17.3 Å². The van der Waals surface area contributed by atoms with E-state index in [2.05, 4.69) is 9.97 Å². The highest BCUT2D eigenvalue weighted by atomic mass is 32.2. The van der Waals surface area contributed by atoms with Crippen molar-refractivity contribution in [3.8, 4) is 6.07 Å². The smallest absolute Gasteiger partial charge is 0.256 e. The first-order chi connectivity index (χ1) is 11.9. The molecule has 0 aliphatic carbocycles. The third-order valence-corrected chi connectivity index (χ3v) is 4.64. The molecule has 0 aliphatic rings. The first kappa shape index (κ1) is 17.2. The Morgan fingerprint density at radius 3 is 2.68 bits per heavy atom. The lowest BCUT2D eigenvalue weighted by Gasteiger charge is -2.13. The van der Waals surface area contributed by atoms with Gasteiger partial charge in [0, 0.05) is 23.0 Å². The standard InChI is InChI=1S/C18H12F3N3S/c1-11-8-15(18(19,20)21)14(9-22)17(24-11)25-10-13-5-2-4-12-6-3-7-23-16(12)13/h2-8H,10H2,1H3. The molecule has 0 radical (unpaired) electrons. The molecule has 126 valence electrons. The summed E-state index contributed by atoms with van der Waals surface area (Å²) in [7, 11) is 0. The minimum absolute atomic E-state index is 0.0859. The zero-order valence-corrected chi connectivity index (χ0v) is 13.9. The number of halogens is 3. The highest BCUT2D eigenvalue weighted by Gasteiger charge is 2.35. The average molecular weight is 359 g/mol. The van der Waals surface area contributed by atoms with E-state index in [9.17, 15) is 18.4 Å². The predicted octanol–water partition coefficient (Wildman–Crippen LogP) is 5.12. The summed E-state index contributed by atoms with van der Waals surface area (Å²) in [5, 5.41) is 10.2. The first-order valence-corrected chi connectivity index (χ1v) is 8.33. The van der Waals surface area contributed by atoms with E-state index in [0.29, 0.717) is 5.75 Å². The van der Waals surface area contributed by atoms with Crippen LogP contribution in [0.15, 0.2) is 47.6 Å². The van der Waals surface area contributed by atoms with Crippen LogP contribution in [-0.4, -0.2) is 9.97 Å². The van der Waals surface area contributed by atoms with Crippen LogP contribution in [-0.2, 0) is 11.9 Å². The van der Waals surface area contributed by atoms with Crippen molar-refractivity contribution in [3.63, 3.8) is 0 Å². The quantitative estimate of drug-likeness (QED) is 0.609. The number of aromatic nitrogens is 2. The summed E-state index contributed by atoms with van der Waals surface area (Å²) in [5.74, 6) is 0.372. The number of hydrogen-bond acceptors (Lipinski definition) is 4. The Balaban J connectivity index is 1.98. The van der Waals surface area contributed by atoms with Gasteiger partial charge in [-0.25, -0.2) is 4.98 Å². The van der Waals surface area contributed by atoms with E-state index in [1.54, 1.807) is 12.3 Å². The summed E-state index contributed by atoms with van der Waals surface area (Å²) in [6.45, 7) is 1.49. The van der Waals surface area contributed by atoms with Crippen molar-refractivity contribution in [2.75, 3.05) is 0 Å². The summed E-state index contributed by atoms with van der Waals surface area (Å²) in [5.41, 5.74) is 0.519. The molecule has 0 saturated heterocycles. The van der Waals surface area contributed by atoms with Gasteiger partial charge >= 0.3 is 6.18 Å². The number of aryl methyl sites for hydroxylation is 1. The van der Waals surface area contributed by atoms with E-state index in [1.807, 2.05) is 30.3 Å². The monoisotopic (exact) mass is 359 g/mol. The molecule has 3 rings (SSSR count). The fraction of sp³-hybridized carbons (Fsp3) is 0.167. The maximum atomic E-state index is 13.2. The molecule has 2 aromatic heterocycles. The van der Waals surface area contributed by atoms with Crippen LogP contribution in [0.1, 0.15) is 22.4 Å². The number of thioether (sulfide) groups is 1. The lowest BCUT2D eigenvalue weighted by Crippen LogP contribution is -2.10. The van der Waals surface area contributed by atoms with Crippen molar-refractivity contribution in [2.24, 2.45) is 0 Å². The van der Waals surface area contributed by atoms with Crippen LogP contribution >= 0.6 is 11.8 Å². The van der Waals surface area contributed by atoms with Gasteiger partial charge in [-0.05, 0) is 24.6 Å². The van der Waals surface area contributed by atoms with Crippen molar-refractivity contribution < 1.29 is 13.2 Å². The summed E-state index contributed by atoms with van der Waals surface area (Å²) >= 11 is 1.11. The van der Waals surface area contributed by atoms with Crippen LogP contribution in [0, 0.1) is 18.3 Å². The van der Waals surface area contributed by atoms with Crippen LogP contribution in [0.4, 0.5) is 13.2 Å². The van der Waals surface area contributed by atoms with E-state index in [1.165, 1.54) is 6.92 Å². The number of nitriles is 1. The molecule has 0 N–H and O–H groups in total. The topological polar surface area (TPSA) is 49.6 Å². The summed E-state index contributed by atoms with van der Waals surface area (Å²) in [4.78, 5) is 8.46. The second kappa shape index (κ2) is 6.73. The molecular formula is C18H12F3N3S. The van der Waals surface area contributed by atoms with Gasteiger partial charge in [0.15, 0.2) is 0 Å². The Morgan fingerprint density at radius 2 is 1.96 bits per heavy atom. The molecule has 0 unspecified atom stereocenters. The second-order valence-corrected chi connectivity index (χ2v) is 6.35. The van der Waals surface area contributed by atoms with Gasteiger partial charge in [0.2, 0.25) is 0 Å². The van der Waals surface area contributed by atoms with E-state index >= 15 is 0 Å². The number of rotatable bonds is 3. The fourth-order valence-electron chi connectivity index (χ4n) is 2.51. The Morgan fingerprint density at radius 1 is 1.20 bits per heavy atom. The minimum Gasteiger partial charge on any atom is -0.256 e. The zero-order valence-electron chi connectivity index (χ0n) is 13.1. The zero-order chi connectivity index (χ0) is 18.0. The van der Waals surface area contributed by atoms with Crippen LogP contribution in [0.25, 0.3) is 10.9 Å². The van der Waals surface area contributed by atoms with Gasteiger partial charge in [0.1, 0.15) is 11.1 Å². The minimum atomic E-state index is -4.59. The van der Waals surface area contributed by atoms with Crippen LogP contribution in [0.5, 0.6) is 0 Å². The molecule has 3 nitrogen and oxygen atoms in total. The van der Waals surface area contributed by atoms with Gasteiger partial charge < -0.3 is 0 Å². The summed E-state index contributed by atoms with van der Waals surface area (Å²) in [6, 6.07) is 12.0. The predicted molar refractivity (Wildman–Crippen MR) is 90.0 cm³/mol. The number of hydrogen-bond donors (Lipinski definition) is 0. The number of nitrogens with zero attached hydrogens (tertiary/aromatic N) is 3. The second-order valence-electron chi connectivity index (χ2n) is 5.38. The molecule has 7 heteroatoms. The Bertz CT molecular complexity index is 972. The van der Waals surface area contributed by atoms with Gasteiger partial charge in [-0.2, -0.15) is 18.4 Å². The third kappa shape index (κ3) is 3.59. The molecule has 1 aromatic carbocycles. The van der Waals surface area contributed by atoms with Crippen LogP contribution < -0.4 is 0 Å². The molecular weight excluding hydrogens is 347 g/mol. The highest BCUT2D eigenvalue weighted by molar-refractivity contribution is 7.98. The molecule has 0 amide bonds. The maximum Gasteiger partial charge on any atom is 0.417 e. The van der Waals surface area contributed by atoms with Crippen LogP contribution in [0.2, 0.25) is 0 Å². The number of benzene rings is 1. The van der Waals surface area contributed by atoms with Crippen molar-refractivity contribution in [1.29, 1.82) is 5.26 Å². The van der Waals surface area contributed by atoms with E-state index in [-0.39, 0.29) is 10.7 Å². The molecule has 0 aliphatic heterocycles. The number of pyridine rings is 2.